The largest absolute Gasteiger partial charge is 0.495 e. The van der Waals surface area contributed by atoms with E-state index in [0.29, 0.717) is 36.8 Å². The van der Waals surface area contributed by atoms with E-state index in [0.717, 1.165) is 16.7 Å². The predicted octanol–water partition coefficient (Wildman–Crippen LogP) is 5.96. The summed E-state index contributed by atoms with van der Waals surface area (Å²) in [6.45, 7) is 1.80. The summed E-state index contributed by atoms with van der Waals surface area (Å²) < 4.78 is 31.5. The van der Waals surface area contributed by atoms with Gasteiger partial charge in [0.05, 0.1) is 18.1 Å². The number of aliphatic hydroxyl groups is 1. The summed E-state index contributed by atoms with van der Waals surface area (Å²) >= 11 is 6.12. The molecule has 0 radical (unpaired) electrons. The molecular weight excluding hydrogens is 506 g/mol. The second-order valence-electron chi connectivity index (χ2n) is 8.84. The summed E-state index contributed by atoms with van der Waals surface area (Å²) in [5.41, 5.74) is 2.93. The highest BCUT2D eigenvalue weighted by atomic mass is 35.5. The van der Waals surface area contributed by atoms with Gasteiger partial charge in [-0.05, 0) is 59.5 Å². The third-order valence-electron chi connectivity index (χ3n) is 6.22. The van der Waals surface area contributed by atoms with Crippen LogP contribution in [0.4, 0.5) is 0 Å². The molecule has 0 bridgehead atoms. The minimum Gasteiger partial charge on any atom is -0.495 e. The predicted molar refractivity (Wildman–Crippen MR) is 147 cm³/mol. The molecule has 37 heavy (non-hydrogen) atoms. The molecule has 0 aliphatic carbocycles. The van der Waals surface area contributed by atoms with Crippen molar-refractivity contribution >= 4 is 21.4 Å². The number of sulfone groups is 1. The van der Waals surface area contributed by atoms with Gasteiger partial charge in [-0.25, -0.2) is 8.42 Å². The second-order valence-corrected chi connectivity index (χ2v) is 11.2. The van der Waals surface area contributed by atoms with Crippen molar-refractivity contribution in [2.75, 3.05) is 20.2 Å². The van der Waals surface area contributed by atoms with Gasteiger partial charge in [-0.3, -0.25) is 4.90 Å². The maximum absolute atomic E-state index is 13.1. The molecule has 4 rings (SSSR count). The molecular formula is C30H30ClNO4S. The zero-order valence-electron chi connectivity index (χ0n) is 20.6. The molecule has 0 saturated carbocycles. The third kappa shape index (κ3) is 6.99. The van der Waals surface area contributed by atoms with E-state index >= 15 is 0 Å². The van der Waals surface area contributed by atoms with E-state index in [1.54, 1.807) is 48.5 Å². The average Bonchev–Trinajstić information content (AvgIpc) is 2.92. The summed E-state index contributed by atoms with van der Waals surface area (Å²) in [5, 5.41) is 11.5. The molecule has 0 aliphatic heterocycles. The van der Waals surface area contributed by atoms with Crippen LogP contribution in [0.25, 0.3) is 0 Å². The molecule has 4 aromatic rings. The van der Waals surface area contributed by atoms with E-state index in [1.165, 1.54) is 7.11 Å². The molecule has 0 saturated heterocycles. The topological polar surface area (TPSA) is 66.8 Å². The number of aliphatic hydroxyl groups excluding tert-OH is 1. The van der Waals surface area contributed by atoms with Crippen LogP contribution in [0.5, 0.6) is 5.75 Å². The van der Waals surface area contributed by atoms with Crippen LogP contribution < -0.4 is 4.74 Å². The van der Waals surface area contributed by atoms with Crippen LogP contribution in [0.15, 0.2) is 113 Å². The van der Waals surface area contributed by atoms with Crippen molar-refractivity contribution in [2.24, 2.45) is 0 Å². The molecule has 0 heterocycles. The van der Waals surface area contributed by atoms with E-state index in [-0.39, 0.29) is 9.79 Å². The molecule has 5 nitrogen and oxygen atoms in total. The number of halogens is 1. The number of nitrogens with zero attached hydrogens (tertiary/aromatic N) is 1. The van der Waals surface area contributed by atoms with E-state index in [4.69, 9.17) is 16.3 Å². The Bertz CT molecular complexity index is 1410. The number of benzene rings is 4. The minimum absolute atomic E-state index is 0.147. The molecule has 0 aromatic heterocycles. The van der Waals surface area contributed by atoms with E-state index in [2.05, 4.69) is 17.0 Å². The zero-order valence-corrected chi connectivity index (χ0v) is 22.2. The summed E-state index contributed by atoms with van der Waals surface area (Å²) in [5.74, 6) is 0.321. The lowest BCUT2D eigenvalue weighted by molar-refractivity contribution is 0.109. The molecule has 0 spiro atoms. The Balaban J connectivity index is 1.48. The first-order valence-electron chi connectivity index (χ1n) is 12.0. The number of para-hydroxylation sites is 1. The highest BCUT2D eigenvalue weighted by Crippen LogP contribution is 2.29. The van der Waals surface area contributed by atoms with Crippen molar-refractivity contribution in [1.82, 2.24) is 4.90 Å². The summed E-state index contributed by atoms with van der Waals surface area (Å²) in [6, 6.07) is 31.0. The maximum Gasteiger partial charge on any atom is 0.210 e. The fourth-order valence-corrected chi connectivity index (χ4v) is 5.85. The van der Waals surface area contributed by atoms with Gasteiger partial charge in [0.2, 0.25) is 9.84 Å². The van der Waals surface area contributed by atoms with Crippen molar-refractivity contribution in [1.29, 1.82) is 0 Å². The smallest absolute Gasteiger partial charge is 0.210 e. The fourth-order valence-electron chi connectivity index (χ4n) is 4.23. The van der Waals surface area contributed by atoms with Gasteiger partial charge in [-0.1, -0.05) is 78.3 Å². The molecule has 0 fully saturated rings. The van der Waals surface area contributed by atoms with Crippen LogP contribution in [0.2, 0.25) is 5.02 Å². The van der Waals surface area contributed by atoms with Crippen LogP contribution >= 0.6 is 11.6 Å². The van der Waals surface area contributed by atoms with Crippen LogP contribution in [0.1, 0.15) is 22.8 Å². The van der Waals surface area contributed by atoms with Crippen molar-refractivity contribution in [3.8, 4) is 5.75 Å². The third-order valence-corrected chi connectivity index (χ3v) is 8.27. The lowest BCUT2D eigenvalue weighted by Gasteiger charge is -2.25. The van der Waals surface area contributed by atoms with Crippen LogP contribution in [0.3, 0.4) is 0 Å². The monoisotopic (exact) mass is 535 g/mol. The van der Waals surface area contributed by atoms with Gasteiger partial charge in [0, 0.05) is 24.7 Å². The first kappa shape index (κ1) is 26.9. The van der Waals surface area contributed by atoms with Crippen molar-refractivity contribution < 1.29 is 18.3 Å². The van der Waals surface area contributed by atoms with Crippen LogP contribution in [-0.2, 0) is 22.8 Å². The van der Waals surface area contributed by atoms with E-state index in [1.807, 2.05) is 42.5 Å². The molecule has 1 atom stereocenters. The molecule has 0 aliphatic rings. The Morgan fingerprint density at radius 1 is 0.865 bits per heavy atom. The molecule has 1 unspecified atom stereocenters. The van der Waals surface area contributed by atoms with E-state index in [9.17, 15) is 13.5 Å². The van der Waals surface area contributed by atoms with Crippen LogP contribution in [-0.4, -0.2) is 38.6 Å². The van der Waals surface area contributed by atoms with Gasteiger partial charge >= 0.3 is 0 Å². The zero-order chi connectivity index (χ0) is 26.3. The molecule has 0 amide bonds. The summed E-state index contributed by atoms with van der Waals surface area (Å²) in [4.78, 5) is 2.56. The maximum atomic E-state index is 13.1. The lowest BCUT2D eigenvalue weighted by atomic mass is 10.1. The van der Waals surface area contributed by atoms with E-state index < -0.39 is 15.9 Å². The van der Waals surface area contributed by atoms with Gasteiger partial charge < -0.3 is 9.84 Å². The van der Waals surface area contributed by atoms with Gasteiger partial charge in [0.15, 0.2) is 0 Å². The molecule has 192 valence electrons. The Kier molecular flexibility index (Phi) is 9.00. The average molecular weight is 536 g/mol. The Morgan fingerprint density at radius 2 is 1.57 bits per heavy atom. The molecule has 4 aromatic carbocycles. The Morgan fingerprint density at radius 3 is 2.27 bits per heavy atom. The normalized spacial score (nSPS) is 12.4. The first-order valence-corrected chi connectivity index (χ1v) is 13.9. The number of methoxy groups -OCH3 is 1. The highest BCUT2D eigenvalue weighted by Gasteiger charge is 2.22. The number of hydrogen-bond donors (Lipinski definition) is 1. The highest BCUT2D eigenvalue weighted by molar-refractivity contribution is 7.91. The lowest BCUT2D eigenvalue weighted by Crippen LogP contribution is -2.30. The van der Waals surface area contributed by atoms with Gasteiger partial charge in [0.25, 0.3) is 0 Å². The minimum atomic E-state index is -3.70. The van der Waals surface area contributed by atoms with Gasteiger partial charge in [0.1, 0.15) is 10.6 Å². The first-order chi connectivity index (χ1) is 17.9. The van der Waals surface area contributed by atoms with Crippen molar-refractivity contribution in [2.45, 2.75) is 28.9 Å². The Hall–Kier alpha value is -3.16. The number of hydrogen-bond acceptors (Lipinski definition) is 5. The standard InChI is InChI=1S/C30H30ClNO4S/c1-36-29-12-5-6-13-30(29)37(34,35)27-16-14-23(15-17-27)18-19-32(21-24-8-3-2-4-9-24)22-28(33)25-10-7-11-26(31)20-25/h2-17,20,28,33H,18-19,21-22H2,1H3. The summed E-state index contributed by atoms with van der Waals surface area (Å²) in [7, 11) is -2.24. The van der Waals surface area contributed by atoms with Gasteiger partial charge in [-0.15, -0.1) is 0 Å². The summed E-state index contributed by atoms with van der Waals surface area (Å²) in [6.07, 6.45) is 0.0140. The van der Waals surface area contributed by atoms with Crippen molar-refractivity contribution in [3.63, 3.8) is 0 Å². The quantitative estimate of drug-likeness (QED) is 0.257. The number of ether oxygens (including phenoxy) is 1. The SMILES string of the molecule is COc1ccccc1S(=O)(=O)c1ccc(CCN(Cc2ccccc2)CC(O)c2cccc(Cl)c2)cc1. The fraction of sp³-hybridized carbons (Fsp3) is 0.200. The van der Waals surface area contributed by atoms with Crippen molar-refractivity contribution in [3.05, 3.63) is 125 Å². The Labute approximate surface area is 223 Å². The molecule has 7 heteroatoms. The number of rotatable bonds is 11. The molecule has 1 N–H and O–H groups in total. The second kappa shape index (κ2) is 12.4. The van der Waals surface area contributed by atoms with Gasteiger partial charge in [-0.2, -0.15) is 0 Å². The van der Waals surface area contributed by atoms with Crippen LogP contribution in [0, 0.1) is 0 Å².